The maximum atomic E-state index is 13.6. The Morgan fingerprint density at radius 3 is 2.61 bits per heavy atom. The zero-order valence-electron chi connectivity index (χ0n) is 13.3. The van der Waals surface area contributed by atoms with E-state index in [4.69, 9.17) is 9.47 Å². The minimum Gasteiger partial charge on any atom is -0.494 e. The number of rotatable bonds is 7. The topological polar surface area (TPSA) is 47.6 Å². The fraction of sp³-hybridized carbons (Fsp3) is 0.278. The van der Waals surface area contributed by atoms with Crippen molar-refractivity contribution in [1.29, 1.82) is 0 Å². The fourth-order valence-corrected chi connectivity index (χ4v) is 2.10. The summed E-state index contributed by atoms with van der Waals surface area (Å²) in [5, 5.41) is 2.57. The molecule has 0 aliphatic carbocycles. The fourth-order valence-electron chi connectivity index (χ4n) is 2.10. The molecule has 2 aromatic rings. The molecule has 2 aromatic carbocycles. The van der Waals surface area contributed by atoms with Gasteiger partial charge in [0.05, 0.1) is 18.9 Å². The van der Waals surface area contributed by atoms with Crippen LogP contribution in [0.4, 0.5) is 10.1 Å². The molecular weight excluding hydrogens is 297 g/mol. The molecule has 1 N–H and O–H groups in total. The van der Waals surface area contributed by atoms with Gasteiger partial charge in [0.1, 0.15) is 11.6 Å². The second-order valence-corrected chi connectivity index (χ2v) is 4.83. The van der Waals surface area contributed by atoms with Crippen LogP contribution in [0.5, 0.6) is 5.75 Å². The molecule has 0 aromatic heterocycles. The molecule has 0 fully saturated rings. The van der Waals surface area contributed by atoms with Crippen molar-refractivity contribution in [2.24, 2.45) is 0 Å². The molecular formula is C18H20FNO3. The first-order valence-corrected chi connectivity index (χ1v) is 7.55. The van der Waals surface area contributed by atoms with Crippen LogP contribution in [0.2, 0.25) is 0 Å². The molecule has 0 spiro atoms. The van der Waals surface area contributed by atoms with E-state index < -0.39 is 5.82 Å². The Bertz CT molecular complexity index is 673. The van der Waals surface area contributed by atoms with Gasteiger partial charge in [-0.15, -0.1) is 0 Å². The highest BCUT2D eigenvalue weighted by molar-refractivity contribution is 6.04. The zero-order chi connectivity index (χ0) is 16.7. The Kier molecular flexibility index (Phi) is 6.11. The summed E-state index contributed by atoms with van der Waals surface area (Å²) in [5.74, 6) is -0.166. The minimum absolute atomic E-state index is 0.151. The number of ether oxygens (including phenoxy) is 2. The van der Waals surface area contributed by atoms with Gasteiger partial charge in [0, 0.05) is 17.7 Å². The second kappa shape index (κ2) is 8.29. The summed E-state index contributed by atoms with van der Waals surface area (Å²) in [6.07, 6.45) is 0. The number of carbonyl (C=O) groups is 1. The van der Waals surface area contributed by atoms with E-state index in [9.17, 15) is 9.18 Å². The molecule has 4 nitrogen and oxygen atoms in total. The summed E-state index contributed by atoms with van der Waals surface area (Å²) >= 11 is 0. The van der Waals surface area contributed by atoms with Crippen LogP contribution in [-0.4, -0.2) is 19.1 Å². The van der Waals surface area contributed by atoms with E-state index >= 15 is 0 Å². The summed E-state index contributed by atoms with van der Waals surface area (Å²) in [4.78, 5) is 12.3. The molecule has 0 heterocycles. The molecule has 2 rings (SSSR count). The largest absolute Gasteiger partial charge is 0.494 e. The van der Waals surface area contributed by atoms with Gasteiger partial charge in [-0.05, 0) is 44.2 Å². The van der Waals surface area contributed by atoms with Crippen molar-refractivity contribution in [3.05, 3.63) is 59.4 Å². The number of anilines is 1. The molecule has 5 heteroatoms. The summed E-state index contributed by atoms with van der Waals surface area (Å²) in [6.45, 7) is 5.24. The Morgan fingerprint density at radius 1 is 1.13 bits per heavy atom. The maximum absolute atomic E-state index is 13.6. The highest BCUT2D eigenvalue weighted by Crippen LogP contribution is 2.22. The standard InChI is InChI=1S/C18H20FNO3/c1-3-22-12-14-11-13(9-10-17(14)23-4-2)18(21)20-16-8-6-5-7-15(16)19/h5-11H,3-4,12H2,1-2H3,(H,20,21). The van der Waals surface area contributed by atoms with E-state index in [0.717, 1.165) is 5.56 Å². The smallest absolute Gasteiger partial charge is 0.255 e. The van der Waals surface area contributed by atoms with Gasteiger partial charge >= 0.3 is 0 Å². The molecule has 0 saturated heterocycles. The molecule has 0 aliphatic heterocycles. The van der Waals surface area contributed by atoms with Crippen LogP contribution in [0.3, 0.4) is 0 Å². The number of benzene rings is 2. The first-order chi connectivity index (χ1) is 11.2. The van der Waals surface area contributed by atoms with Crippen LogP contribution in [0.1, 0.15) is 29.8 Å². The molecule has 0 bridgehead atoms. The van der Waals surface area contributed by atoms with Crippen LogP contribution in [0, 0.1) is 5.82 Å². The highest BCUT2D eigenvalue weighted by atomic mass is 19.1. The summed E-state index contributed by atoms with van der Waals surface area (Å²) in [5.41, 5.74) is 1.36. The SMILES string of the molecule is CCOCc1cc(C(=O)Nc2ccccc2F)ccc1OCC. The monoisotopic (exact) mass is 317 g/mol. The number of hydrogen-bond acceptors (Lipinski definition) is 3. The molecule has 0 radical (unpaired) electrons. The Balaban J connectivity index is 2.21. The van der Waals surface area contributed by atoms with E-state index in [2.05, 4.69) is 5.32 Å². The lowest BCUT2D eigenvalue weighted by atomic mass is 10.1. The van der Waals surface area contributed by atoms with Gasteiger partial charge in [0.2, 0.25) is 0 Å². The molecule has 0 atom stereocenters. The first kappa shape index (κ1) is 17.0. The van der Waals surface area contributed by atoms with Gasteiger partial charge in [0.15, 0.2) is 0 Å². The molecule has 0 aliphatic rings. The third-order valence-corrected chi connectivity index (χ3v) is 3.21. The van der Waals surface area contributed by atoms with Crippen LogP contribution in [0.25, 0.3) is 0 Å². The molecule has 0 unspecified atom stereocenters. The summed E-state index contributed by atoms with van der Waals surface area (Å²) in [6, 6.07) is 11.1. The average molecular weight is 317 g/mol. The van der Waals surface area contributed by atoms with Gasteiger partial charge in [-0.25, -0.2) is 4.39 Å². The molecule has 122 valence electrons. The highest BCUT2D eigenvalue weighted by Gasteiger charge is 2.12. The first-order valence-electron chi connectivity index (χ1n) is 7.55. The number of halogens is 1. The number of nitrogens with one attached hydrogen (secondary N) is 1. The van der Waals surface area contributed by atoms with Gasteiger partial charge in [-0.1, -0.05) is 12.1 Å². The van der Waals surface area contributed by atoms with Crippen molar-refractivity contribution < 1.29 is 18.7 Å². The van der Waals surface area contributed by atoms with Crippen LogP contribution >= 0.6 is 0 Å². The number of amides is 1. The third-order valence-electron chi connectivity index (χ3n) is 3.21. The summed E-state index contributed by atoms with van der Waals surface area (Å²) in [7, 11) is 0. The molecule has 0 saturated carbocycles. The number of para-hydroxylation sites is 1. The Hall–Kier alpha value is -2.40. The Morgan fingerprint density at radius 2 is 1.91 bits per heavy atom. The Labute approximate surface area is 135 Å². The van der Waals surface area contributed by atoms with Gasteiger partial charge in [-0.2, -0.15) is 0 Å². The zero-order valence-corrected chi connectivity index (χ0v) is 13.3. The van der Waals surface area contributed by atoms with Crippen molar-refractivity contribution >= 4 is 11.6 Å². The second-order valence-electron chi connectivity index (χ2n) is 4.83. The lowest BCUT2D eigenvalue weighted by molar-refractivity contribution is 0.102. The van der Waals surface area contributed by atoms with Crippen LogP contribution in [-0.2, 0) is 11.3 Å². The lowest BCUT2D eigenvalue weighted by Gasteiger charge is -2.12. The predicted molar refractivity (Wildman–Crippen MR) is 87.3 cm³/mol. The lowest BCUT2D eigenvalue weighted by Crippen LogP contribution is -2.13. The minimum atomic E-state index is -0.471. The van der Waals surface area contributed by atoms with E-state index in [1.807, 2.05) is 13.8 Å². The third kappa shape index (κ3) is 4.53. The normalized spacial score (nSPS) is 10.4. The number of carbonyl (C=O) groups excluding carboxylic acids is 1. The molecule has 1 amide bonds. The maximum Gasteiger partial charge on any atom is 0.255 e. The van der Waals surface area contributed by atoms with Gasteiger partial charge in [0.25, 0.3) is 5.91 Å². The van der Waals surface area contributed by atoms with E-state index in [-0.39, 0.29) is 11.6 Å². The van der Waals surface area contributed by atoms with Gasteiger partial charge in [-0.3, -0.25) is 4.79 Å². The van der Waals surface area contributed by atoms with Gasteiger partial charge < -0.3 is 14.8 Å². The van der Waals surface area contributed by atoms with Crippen molar-refractivity contribution in [3.63, 3.8) is 0 Å². The predicted octanol–water partition coefficient (Wildman–Crippen LogP) is 4.01. The van der Waals surface area contributed by atoms with Crippen LogP contribution in [0.15, 0.2) is 42.5 Å². The summed E-state index contributed by atoms with van der Waals surface area (Å²) < 4.78 is 24.6. The van der Waals surface area contributed by atoms with E-state index in [1.54, 1.807) is 30.3 Å². The van der Waals surface area contributed by atoms with E-state index in [0.29, 0.717) is 31.1 Å². The van der Waals surface area contributed by atoms with Crippen LogP contribution < -0.4 is 10.1 Å². The van der Waals surface area contributed by atoms with Crippen molar-refractivity contribution in [2.45, 2.75) is 20.5 Å². The van der Waals surface area contributed by atoms with E-state index in [1.165, 1.54) is 12.1 Å². The van der Waals surface area contributed by atoms with Crippen molar-refractivity contribution in [1.82, 2.24) is 0 Å². The molecule has 23 heavy (non-hydrogen) atoms. The average Bonchev–Trinajstić information content (AvgIpc) is 2.56. The van der Waals surface area contributed by atoms with Crippen molar-refractivity contribution in [2.75, 3.05) is 18.5 Å². The van der Waals surface area contributed by atoms with Crippen molar-refractivity contribution in [3.8, 4) is 5.75 Å². The number of hydrogen-bond donors (Lipinski definition) is 1. The quantitative estimate of drug-likeness (QED) is 0.839.